The quantitative estimate of drug-likeness (QED) is 0.923. The summed E-state index contributed by atoms with van der Waals surface area (Å²) >= 11 is 5.81. The van der Waals surface area contributed by atoms with Gasteiger partial charge in [-0.25, -0.2) is 8.42 Å². The van der Waals surface area contributed by atoms with Gasteiger partial charge in [-0.2, -0.15) is 4.31 Å². The van der Waals surface area contributed by atoms with Crippen molar-refractivity contribution in [2.24, 2.45) is 5.92 Å². The molecule has 2 rings (SSSR count). The van der Waals surface area contributed by atoms with Gasteiger partial charge in [0.15, 0.2) is 0 Å². The number of nitrogens with zero attached hydrogens (tertiary/aromatic N) is 1. The fraction of sp³-hybridized carbons (Fsp3) is 0.417. The number of halogens is 1. The largest absolute Gasteiger partial charge is 0.481 e. The van der Waals surface area contributed by atoms with E-state index in [1.807, 2.05) is 0 Å². The average molecular weight is 304 g/mol. The van der Waals surface area contributed by atoms with Gasteiger partial charge in [0.2, 0.25) is 10.0 Å². The highest BCUT2D eigenvalue weighted by atomic mass is 35.5. The van der Waals surface area contributed by atoms with Crippen LogP contribution in [0.5, 0.6) is 0 Å². The van der Waals surface area contributed by atoms with Crippen LogP contribution in [0.15, 0.2) is 23.1 Å². The van der Waals surface area contributed by atoms with Gasteiger partial charge < -0.3 is 5.11 Å². The Hall–Kier alpha value is -1.11. The number of sulfonamides is 1. The van der Waals surface area contributed by atoms with Crippen molar-refractivity contribution >= 4 is 27.6 Å². The molecule has 0 unspecified atom stereocenters. The lowest BCUT2D eigenvalue weighted by molar-refractivity contribution is -0.141. The molecule has 0 aromatic heterocycles. The molecule has 104 valence electrons. The first-order valence-electron chi connectivity index (χ1n) is 5.81. The van der Waals surface area contributed by atoms with Crippen LogP contribution in [0.1, 0.15) is 12.0 Å². The van der Waals surface area contributed by atoms with Crippen molar-refractivity contribution in [3.8, 4) is 0 Å². The fourth-order valence-corrected chi connectivity index (χ4v) is 4.12. The van der Waals surface area contributed by atoms with E-state index >= 15 is 0 Å². The molecule has 0 spiro atoms. The lowest BCUT2D eigenvalue weighted by atomic mass is 10.1. The minimum Gasteiger partial charge on any atom is -0.481 e. The summed E-state index contributed by atoms with van der Waals surface area (Å²) in [6.45, 7) is 1.94. The van der Waals surface area contributed by atoms with Gasteiger partial charge in [0.05, 0.1) is 10.8 Å². The maximum Gasteiger partial charge on any atom is 0.307 e. The minimum absolute atomic E-state index is 0.0275. The number of aliphatic carboxylic acids is 1. The Morgan fingerprint density at radius 2 is 2.16 bits per heavy atom. The van der Waals surface area contributed by atoms with Crippen LogP contribution >= 0.6 is 11.6 Å². The van der Waals surface area contributed by atoms with Crippen LogP contribution in [0.4, 0.5) is 0 Å². The topological polar surface area (TPSA) is 74.7 Å². The molecule has 0 saturated carbocycles. The lowest BCUT2D eigenvalue weighted by Gasteiger charge is -2.17. The minimum atomic E-state index is -3.64. The number of carboxylic acid groups (broad SMARTS) is 1. The third-order valence-corrected chi connectivity index (χ3v) is 5.52. The highest BCUT2D eigenvalue weighted by Crippen LogP contribution is 2.27. The smallest absolute Gasteiger partial charge is 0.307 e. The van der Waals surface area contributed by atoms with Crippen molar-refractivity contribution in [1.82, 2.24) is 4.31 Å². The van der Waals surface area contributed by atoms with E-state index < -0.39 is 21.9 Å². The van der Waals surface area contributed by atoms with Gasteiger partial charge in [-0.05, 0) is 37.1 Å². The predicted octanol–water partition coefficient (Wildman–Crippen LogP) is 1.74. The van der Waals surface area contributed by atoms with Gasteiger partial charge in [0.25, 0.3) is 0 Å². The van der Waals surface area contributed by atoms with Gasteiger partial charge in [0.1, 0.15) is 0 Å². The van der Waals surface area contributed by atoms with Crippen molar-refractivity contribution in [2.45, 2.75) is 18.2 Å². The molecule has 1 aliphatic heterocycles. The van der Waals surface area contributed by atoms with E-state index in [0.717, 1.165) is 0 Å². The van der Waals surface area contributed by atoms with Gasteiger partial charge in [0, 0.05) is 18.1 Å². The summed E-state index contributed by atoms with van der Waals surface area (Å²) in [5.74, 6) is -1.58. The van der Waals surface area contributed by atoms with Crippen LogP contribution in [0.25, 0.3) is 0 Å². The monoisotopic (exact) mass is 303 g/mol. The molecule has 0 amide bonds. The van der Waals surface area contributed by atoms with Gasteiger partial charge in [-0.1, -0.05) is 11.6 Å². The molecule has 0 radical (unpaired) electrons. The SMILES string of the molecule is Cc1cc(Cl)ccc1S(=O)(=O)N1CC[C@@H](C(=O)O)C1. The summed E-state index contributed by atoms with van der Waals surface area (Å²) in [5.41, 5.74) is 0.561. The first kappa shape index (κ1) is 14.3. The Morgan fingerprint density at radius 1 is 1.47 bits per heavy atom. The Balaban J connectivity index is 2.31. The molecule has 0 aliphatic carbocycles. The second-order valence-corrected chi connectivity index (χ2v) is 6.94. The van der Waals surface area contributed by atoms with E-state index in [-0.39, 0.29) is 18.0 Å². The summed E-state index contributed by atoms with van der Waals surface area (Å²) in [6.07, 6.45) is 0.348. The Bertz CT molecular complexity index is 614. The van der Waals surface area contributed by atoms with Gasteiger partial charge in [-0.15, -0.1) is 0 Å². The highest BCUT2D eigenvalue weighted by molar-refractivity contribution is 7.89. The normalized spacial score (nSPS) is 20.6. The molecular formula is C12H14ClNO4S. The number of carbonyl (C=O) groups is 1. The van der Waals surface area contributed by atoms with Gasteiger partial charge >= 0.3 is 5.97 Å². The van der Waals surface area contributed by atoms with Crippen LogP contribution < -0.4 is 0 Å². The Morgan fingerprint density at radius 3 is 2.68 bits per heavy atom. The molecular weight excluding hydrogens is 290 g/mol. The summed E-state index contributed by atoms with van der Waals surface area (Å²) in [4.78, 5) is 11.1. The molecule has 1 aromatic carbocycles. The van der Waals surface area contributed by atoms with Crippen LogP contribution in [0.3, 0.4) is 0 Å². The maximum absolute atomic E-state index is 12.4. The number of rotatable bonds is 3. The second kappa shape index (κ2) is 5.11. The van der Waals surface area contributed by atoms with E-state index in [9.17, 15) is 13.2 Å². The van der Waals surface area contributed by atoms with Crippen LogP contribution in [0.2, 0.25) is 5.02 Å². The third-order valence-electron chi connectivity index (χ3n) is 3.26. The first-order valence-corrected chi connectivity index (χ1v) is 7.63. The Labute approximate surface area is 116 Å². The van der Waals surface area contributed by atoms with Crippen molar-refractivity contribution in [3.05, 3.63) is 28.8 Å². The molecule has 1 N–H and O–H groups in total. The fourth-order valence-electron chi connectivity index (χ4n) is 2.19. The molecule has 1 heterocycles. The maximum atomic E-state index is 12.4. The molecule has 5 nitrogen and oxygen atoms in total. The summed E-state index contributed by atoms with van der Waals surface area (Å²) in [6, 6.07) is 4.56. The molecule has 19 heavy (non-hydrogen) atoms. The summed E-state index contributed by atoms with van der Waals surface area (Å²) in [7, 11) is -3.64. The molecule has 1 fully saturated rings. The number of hydrogen-bond donors (Lipinski definition) is 1. The molecule has 1 atom stereocenters. The molecule has 1 aliphatic rings. The van der Waals surface area contributed by atoms with Crippen LogP contribution in [0, 0.1) is 12.8 Å². The summed E-state index contributed by atoms with van der Waals surface area (Å²) in [5, 5.41) is 9.39. The number of hydrogen-bond acceptors (Lipinski definition) is 3. The number of carboxylic acids is 1. The zero-order valence-electron chi connectivity index (χ0n) is 10.3. The Kier molecular flexibility index (Phi) is 3.85. The van der Waals surface area contributed by atoms with E-state index in [0.29, 0.717) is 17.0 Å². The molecule has 0 bridgehead atoms. The average Bonchev–Trinajstić information content (AvgIpc) is 2.78. The zero-order valence-corrected chi connectivity index (χ0v) is 11.9. The lowest BCUT2D eigenvalue weighted by Crippen LogP contribution is -2.30. The standard InChI is InChI=1S/C12H14ClNO4S/c1-8-6-10(13)2-3-11(8)19(17,18)14-5-4-9(7-14)12(15)16/h2-3,6,9H,4-5,7H2,1H3,(H,15,16)/t9-/m1/s1. The number of aryl methyl sites for hydroxylation is 1. The van der Waals surface area contributed by atoms with E-state index in [4.69, 9.17) is 16.7 Å². The summed E-state index contributed by atoms with van der Waals surface area (Å²) < 4.78 is 26.1. The zero-order chi connectivity index (χ0) is 14.2. The molecule has 7 heteroatoms. The molecule has 1 saturated heterocycles. The van der Waals surface area contributed by atoms with Crippen molar-refractivity contribution in [2.75, 3.05) is 13.1 Å². The van der Waals surface area contributed by atoms with E-state index in [1.165, 1.54) is 16.4 Å². The highest BCUT2D eigenvalue weighted by Gasteiger charge is 2.36. The van der Waals surface area contributed by atoms with E-state index in [1.54, 1.807) is 13.0 Å². The first-order chi connectivity index (χ1) is 8.82. The van der Waals surface area contributed by atoms with E-state index in [2.05, 4.69) is 0 Å². The number of benzene rings is 1. The van der Waals surface area contributed by atoms with Gasteiger partial charge in [-0.3, -0.25) is 4.79 Å². The second-order valence-electron chi connectivity index (χ2n) is 4.60. The van der Waals surface area contributed by atoms with Crippen molar-refractivity contribution in [1.29, 1.82) is 0 Å². The predicted molar refractivity (Wildman–Crippen MR) is 70.7 cm³/mol. The van der Waals surface area contributed by atoms with Crippen LogP contribution in [-0.2, 0) is 14.8 Å². The van der Waals surface area contributed by atoms with Crippen LogP contribution in [-0.4, -0.2) is 36.9 Å². The van der Waals surface area contributed by atoms with Crippen molar-refractivity contribution in [3.63, 3.8) is 0 Å². The molecule has 1 aromatic rings. The van der Waals surface area contributed by atoms with Crippen molar-refractivity contribution < 1.29 is 18.3 Å². The third kappa shape index (κ3) is 2.75.